The monoisotopic (exact) mass is 1020 g/mol. The molecule has 0 spiro atoms. The minimum absolute atomic E-state index is 0.0779. The molecule has 16 nitrogen and oxygen atoms in total. The predicted octanol–water partition coefficient (Wildman–Crippen LogP) is 7.77. The molecule has 5 unspecified atom stereocenters. The second kappa shape index (κ2) is 21.4. The van der Waals surface area contributed by atoms with E-state index in [0.29, 0.717) is 41.9 Å². The molecular weight excluding hydrogens is 947 g/mol. The Morgan fingerprint density at radius 2 is 1.60 bits per heavy atom. The van der Waals surface area contributed by atoms with Gasteiger partial charge in [0.05, 0.1) is 37.2 Å². The molecule has 0 aromatic heterocycles. The third kappa shape index (κ3) is 11.2. The lowest BCUT2D eigenvalue weighted by molar-refractivity contribution is -0.318. The van der Waals surface area contributed by atoms with Crippen LogP contribution in [0.15, 0.2) is 11.6 Å². The molecule has 4 aliphatic carbocycles. The van der Waals surface area contributed by atoms with Crippen LogP contribution >= 0.6 is 23.2 Å². The first-order valence-corrected chi connectivity index (χ1v) is 26.6. The van der Waals surface area contributed by atoms with Crippen molar-refractivity contribution in [1.82, 2.24) is 10.6 Å². The summed E-state index contributed by atoms with van der Waals surface area (Å²) in [5.74, 6) is -5.57. The molecule has 3 aliphatic heterocycles. The van der Waals surface area contributed by atoms with E-state index in [2.05, 4.69) is 51.3 Å². The van der Waals surface area contributed by atoms with Crippen molar-refractivity contribution < 1.29 is 66.7 Å². The Labute approximate surface area is 423 Å². The first-order valence-electron chi connectivity index (χ1n) is 25.8. The smallest absolute Gasteiger partial charge is 0.367 e. The maximum absolute atomic E-state index is 15.0. The van der Waals surface area contributed by atoms with E-state index in [4.69, 9.17) is 61.1 Å². The fraction of sp³-hybridized carbons (Fsp3) is 0.846. The Balaban J connectivity index is 1.25. The van der Waals surface area contributed by atoms with Gasteiger partial charge in [-0.25, -0.2) is 9.59 Å². The molecule has 2 N–H and O–H groups in total. The second-order valence-corrected chi connectivity index (χ2v) is 24.2. The number of hydrogen-bond donors (Lipinski definition) is 2. The third-order valence-corrected chi connectivity index (χ3v) is 17.8. The maximum atomic E-state index is 15.0. The van der Waals surface area contributed by atoms with E-state index in [9.17, 15) is 24.0 Å². The van der Waals surface area contributed by atoms with Crippen molar-refractivity contribution >= 4 is 59.0 Å². The van der Waals surface area contributed by atoms with Gasteiger partial charge >= 0.3 is 35.8 Å². The van der Waals surface area contributed by atoms with Crippen LogP contribution < -0.4 is 10.6 Å². The van der Waals surface area contributed by atoms with Crippen molar-refractivity contribution in [3.8, 4) is 0 Å². The Morgan fingerprint density at radius 1 is 0.857 bits per heavy atom. The summed E-state index contributed by atoms with van der Waals surface area (Å²) in [7, 11) is 0. The number of cyclic esters (lactones) is 2. The standard InChI is InChI=1S/C52H78Cl2N2O14/c1-28(2)12-11-13-29(3)38-16-17-39-37-15-14-35-24-36(18-21-48(35,9)40(37)19-22-49(38,39)10)69-50-25-41(66-32(6)58)44-45(70-50)43(42(67-33(7)59)26-64-31(5)57)52(56-44,68-34(8)60)47(62)65-27-51(53,54)55-30(4)20-23-63-46(50)61/h14,28-30,36-45,55-56H,11-13,15-27H2,1-10H3/t29-,30?,36+,37+,38-,39+,40+,41?,42-,43?,44-,45?,48+,49-,50-,52?/m1/s1. The topological polar surface area (TPSA) is 200 Å². The van der Waals surface area contributed by atoms with Crippen molar-refractivity contribution in [1.29, 1.82) is 0 Å². The van der Waals surface area contributed by atoms with Crippen molar-refractivity contribution in [3.05, 3.63) is 11.6 Å². The number of nitrogens with one attached hydrogen (secondary N) is 2. The number of ether oxygens (including phenoxy) is 8. The van der Waals surface area contributed by atoms with Gasteiger partial charge in [-0.2, -0.15) is 0 Å². The molecular formula is C52H78Cl2N2O14. The van der Waals surface area contributed by atoms with Crippen molar-refractivity contribution in [2.24, 2.45) is 52.3 Å². The molecule has 3 bridgehead atoms. The van der Waals surface area contributed by atoms with Crippen molar-refractivity contribution in [3.63, 3.8) is 0 Å². The number of alkyl halides is 2. The average Bonchev–Trinajstić information content (AvgIpc) is 3.78. The molecule has 7 aliphatic rings. The van der Waals surface area contributed by atoms with E-state index < -0.39 is 114 Å². The van der Waals surface area contributed by atoms with Crippen LogP contribution in [-0.2, 0) is 66.7 Å². The summed E-state index contributed by atoms with van der Waals surface area (Å²) in [5, 5.41) is 5.96. The molecule has 3 heterocycles. The second-order valence-electron chi connectivity index (χ2n) is 22.7. The van der Waals surface area contributed by atoms with Gasteiger partial charge in [0.15, 0.2) is 0 Å². The van der Waals surface area contributed by atoms with Crippen LogP contribution in [0, 0.1) is 52.3 Å². The zero-order chi connectivity index (χ0) is 51.1. The summed E-state index contributed by atoms with van der Waals surface area (Å²) >= 11 is 13.2. The highest BCUT2D eigenvalue weighted by molar-refractivity contribution is 6.48. The highest BCUT2D eigenvalue weighted by Crippen LogP contribution is 2.67. The Hall–Kier alpha value is -3.02. The lowest BCUT2D eigenvalue weighted by Gasteiger charge is -2.59. The first-order chi connectivity index (χ1) is 32.8. The van der Waals surface area contributed by atoms with Gasteiger partial charge in [0.25, 0.3) is 11.5 Å². The molecule has 394 valence electrons. The summed E-state index contributed by atoms with van der Waals surface area (Å²) in [5.41, 5.74) is -1.08. The maximum Gasteiger partial charge on any atom is 0.367 e. The Bertz CT molecular complexity index is 2020. The fourth-order valence-corrected chi connectivity index (χ4v) is 14.9. The van der Waals surface area contributed by atoms with Crippen molar-refractivity contribution in [2.45, 2.75) is 205 Å². The third-order valence-electron chi connectivity index (χ3n) is 17.4. The number of hydrogen-bond acceptors (Lipinski definition) is 16. The average molecular weight is 1030 g/mol. The number of carbonyl (C=O) groups is 6. The zero-order valence-electron chi connectivity index (χ0n) is 42.9. The number of rotatable bonds is 13. The molecule has 70 heavy (non-hydrogen) atoms. The Kier molecular flexibility index (Phi) is 16.8. The van der Waals surface area contributed by atoms with Crippen LogP contribution in [0.5, 0.6) is 0 Å². The minimum atomic E-state index is -2.62. The minimum Gasteiger partial charge on any atom is -0.462 e. The van der Waals surface area contributed by atoms with Gasteiger partial charge in [0.2, 0.25) is 4.46 Å². The summed E-state index contributed by atoms with van der Waals surface area (Å²) in [6, 6.07) is -1.76. The van der Waals surface area contributed by atoms with E-state index in [-0.39, 0.29) is 18.4 Å². The lowest BCUT2D eigenvalue weighted by Crippen LogP contribution is -2.64. The van der Waals surface area contributed by atoms with Crippen LogP contribution in [0.25, 0.3) is 0 Å². The number of allylic oxidation sites excluding steroid dienone is 1. The van der Waals surface area contributed by atoms with Crippen LogP contribution in [0.2, 0.25) is 0 Å². The van der Waals surface area contributed by atoms with E-state index >= 15 is 4.79 Å². The number of esters is 6. The first kappa shape index (κ1) is 54.7. The summed E-state index contributed by atoms with van der Waals surface area (Å²) in [6.07, 6.45) is 8.88. The number of halogens is 2. The van der Waals surface area contributed by atoms with Crippen molar-refractivity contribution in [2.75, 3.05) is 19.8 Å². The van der Waals surface area contributed by atoms with Crippen LogP contribution in [0.4, 0.5) is 0 Å². The number of carbonyl (C=O) groups excluding carboxylic acids is 6. The van der Waals surface area contributed by atoms with E-state index in [0.717, 1.165) is 45.4 Å². The lowest BCUT2D eigenvalue weighted by atomic mass is 9.47. The van der Waals surface area contributed by atoms with Gasteiger partial charge in [-0.05, 0) is 111 Å². The van der Waals surface area contributed by atoms with E-state index in [1.54, 1.807) is 6.92 Å². The van der Waals surface area contributed by atoms with Gasteiger partial charge in [-0.15, -0.1) is 0 Å². The summed E-state index contributed by atoms with van der Waals surface area (Å²) < 4.78 is 46.8. The Morgan fingerprint density at radius 3 is 2.27 bits per heavy atom. The molecule has 0 amide bonds. The molecule has 7 rings (SSSR count). The highest BCUT2D eigenvalue weighted by Gasteiger charge is 2.72. The quantitative estimate of drug-likeness (QED) is 0.0595. The largest absolute Gasteiger partial charge is 0.462 e. The molecule has 0 aromatic rings. The summed E-state index contributed by atoms with van der Waals surface area (Å²) in [6.45, 7) is 16.8. The molecule has 0 aromatic carbocycles. The van der Waals surface area contributed by atoms with Gasteiger partial charge in [0, 0.05) is 33.7 Å². The zero-order valence-corrected chi connectivity index (χ0v) is 44.4. The van der Waals surface area contributed by atoms with E-state index in [1.165, 1.54) is 57.4 Å². The molecule has 3 saturated heterocycles. The van der Waals surface area contributed by atoms with Gasteiger partial charge < -0.3 is 37.9 Å². The van der Waals surface area contributed by atoms with Crippen LogP contribution in [0.1, 0.15) is 153 Å². The fourth-order valence-electron chi connectivity index (χ4n) is 14.4. The van der Waals surface area contributed by atoms with Gasteiger partial charge in [-0.3, -0.25) is 29.8 Å². The summed E-state index contributed by atoms with van der Waals surface area (Å²) in [4.78, 5) is 81.1. The predicted molar refractivity (Wildman–Crippen MR) is 256 cm³/mol. The molecule has 18 heteroatoms. The number of fused-ring (bicyclic) bond motifs is 7. The molecule has 6 fully saturated rings. The highest BCUT2D eigenvalue weighted by atomic mass is 35.5. The molecule has 3 saturated carbocycles. The van der Waals surface area contributed by atoms with Gasteiger partial charge in [-0.1, -0.05) is 88.7 Å². The van der Waals surface area contributed by atoms with E-state index in [1.807, 2.05) is 0 Å². The normalized spacial score (nSPS) is 40.1. The van der Waals surface area contributed by atoms with Crippen LogP contribution in [-0.4, -0.2) is 108 Å². The SMILES string of the molecule is CC(=O)OC[C@@H](OC(C)=O)C1C2O[C@]3(O[C@H]4CC[C@@]5(C)C(=CC[C@H]6[C@@H]7CC[C@H]([C@H](C)CCCC(C)C)[C@@]7(C)CC[C@@H]65)C4)CC(OC(C)=O)[C@H]2NC1(OC(C)=O)C(=O)OCC(Cl)(Cl)NC(C)CCOC3=O. The molecule has 0 radical (unpaired) electrons. The van der Waals surface area contributed by atoms with Crippen LogP contribution in [0.3, 0.4) is 0 Å². The molecule has 16 atom stereocenters. The van der Waals surface area contributed by atoms with Gasteiger partial charge in [0.1, 0.15) is 25.4 Å².